The van der Waals surface area contributed by atoms with E-state index in [1.165, 1.54) is 0 Å². The first kappa shape index (κ1) is 17.5. The smallest absolute Gasteiger partial charge is 0.327 e. The van der Waals surface area contributed by atoms with Crippen molar-refractivity contribution in [1.82, 2.24) is 19.4 Å². The van der Waals surface area contributed by atoms with Crippen LogP contribution in [0.3, 0.4) is 0 Å². The van der Waals surface area contributed by atoms with Crippen molar-refractivity contribution in [3.05, 3.63) is 28.8 Å². The first-order valence-electron chi connectivity index (χ1n) is 9.32. The van der Waals surface area contributed by atoms with Crippen molar-refractivity contribution < 1.29 is 4.79 Å². The van der Waals surface area contributed by atoms with Gasteiger partial charge in [-0.3, -0.25) is 9.36 Å². The molecule has 1 amide bonds. The lowest BCUT2D eigenvalue weighted by Gasteiger charge is -2.33. The second-order valence-corrected chi connectivity index (χ2v) is 7.20. The number of imidazole rings is 1. The van der Waals surface area contributed by atoms with Crippen molar-refractivity contribution in [3.8, 4) is 12.3 Å². The summed E-state index contributed by atoms with van der Waals surface area (Å²) in [5.74, 6) is 2.68. The largest absolute Gasteiger partial charge is 0.341 e. The molecule has 1 N–H and O–H groups in total. The number of aromatic nitrogens is 3. The summed E-state index contributed by atoms with van der Waals surface area (Å²) >= 11 is 0. The van der Waals surface area contributed by atoms with E-state index in [9.17, 15) is 9.59 Å². The van der Waals surface area contributed by atoms with Crippen LogP contribution in [0, 0.1) is 12.3 Å². The Labute approximate surface area is 156 Å². The minimum atomic E-state index is -0.436. The highest BCUT2D eigenvalue weighted by atomic mass is 16.2. The predicted octanol–water partition coefficient (Wildman–Crippen LogP) is 2.24. The summed E-state index contributed by atoms with van der Waals surface area (Å²) < 4.78 is 1.69. The van der Waals surface area contributed by atoms with Gasteiger partial charge in [0.1, 0.15) is 0 Å². The van der Waals surface area contributed by atoms with Gasteiger partial charge in [0.25, 0.3) is 0 Å². The summed E-state index contributed by atoms with van der Waals surface area (Å²) in [7, 11) is 0. The number of rotatable bonds is 6. The number of hydrogen-bond donors (Lipinski definition) is 1. The maximum atomic E-state index is 12.7. The highest BCUT2D eigenvalue weighted by molar-refractivity contribution is 5.76. The van der Waals surface area contributed by atoms with Gasteiger partial charge in [-0.25, -0.2) is 9.78 Å². The fourth-order valence-electron chi connectivity index (χ4n) is 3.82. The van der Waals surface area contributed by atoms with E-state index in [2.05, 4.69) is 26.1 Å². The Bertz CT molecular complexity index is 976. The molecule has 0 aromatic carbocycles. The third-order valence-corrected chi connectivity index (χ3v) is 5.38. The number of aromatic amines is 1. The number of carbonyl (C=O) groups is 1. The van der Waals surface area contributed by atoms with Gasteiger partial charge in [0.2, 0.25) is 5.91 Å². The predicted molar refractivity (Wildman–Crippen MR) is 100 cm³/mol. The van der Waals surface area contributed by atoms with Gasteiger partial charge in [0.15, 0.2) is 11.3 Å². The number of terminal acetylenes is 1. The van der Waals surface area contributed by atoms with Crippen LogP contribution in [0.4, 0.5) is 0 Å². The van der Waals surface area contributed by atoms with Crippen LogP contribution in [0.15, 0.2) is 33.4 Å². The molecule has 2 aromatic heterocycles. The molecular weight excluding hydrogens is 344 g/mol. The average molecular weight is 366 g/mol. The number of fused-ring (bicyclic) bond motifs is 1. The molecule has 0 bridgehead atoms. The number of piperidine rings is 1. The van der Waals surface area contributed by atoms with E-state index in [4.69, 9.17) is 6.42 Å². The summed E-state index contributed by atoms with van der Waals surface area (Å²) in [4.78, 5) is 34.1. The third-order valence-electron chi connectivity index (χ3n) is 5.38. The third kappa shape index (κ3) is 3.50. The quantitative estimate of drug-likeness (QED) is 0.794. The fourth-order valence-corrected chi connectivity index (χ4v) is 3.82. The van der Waals surface area contributed by atoms with Crippen LogP contribution in [0.2, 0.25) is 0 Å². The minimum Gasteiger partial charge on any atom is -0.341 e. The number of hydrogen-bond acceptors (Lipinski definition) is 5. The van der Waals surface area contributed by atoms with E-state index in [-0.39, 0.29) is 17.6 Å². The second kappa shape index (κ2) is 6.99. The van der Waals surface area contributed by atoms with Crippen LogP contribution < -0.4 is 5.69 Å². The summed E-state index contributed by atoms with van der Waals surface area (Å²) in [5, 5.41) is 8.18. The first-order chi connectivity index (χ1) is 13.1. The molecule has 27 heavy (non-hydrogen) atoms. The Kier molecular flexibility index (Phi) is 4.52. The normalized spacial score (nSPS) is 20.6. The molecule has 8 heteroatoms. The Hall–Kier alpha value is -2.95. The van der Waals surface area contributed by atoms with Gasteiger partial charge in [0, 0.05) is 45.0 Å². The standard InChI is InChI=1S/C19H22N6O2/c1-2-3-9-19(22-23-19)10-8-16(26)24-12-5-6-14(13-24)25-17-15(21-18(25)27)7-4-11-20-17/h1,4,7,11,14H,3,5-6,8-10,12-13H2,(H,21,27). The maximum absolute atomic E-state index is 12.7. The molecular formula is C19H22N6O2. The summed E-state index contributed by atoms with van der Waals surface area (Å²) in [6, 6.07) is 3.57. The van der Waals surface area contributed by atoms with Gasteiger partial charge in [-0.1, -0.05) is 0 Å². The Morgan fingerprint density at radius 1 is 1.41 bits per heavy atom. The molecule has 0 aliphatic carbocycles. The van der Waals surface area contributed by atoms with Gasteiger partial charge in [-0.2, -0.15) is 10.2 Å². The summed E-state index contributed by atoms with van der Waals surface area (Å²) in [5.41, 5.74) is 0.755. The van der Waals surface area contributed by atoms with Gasteiger partial charge in [-0.15, -0.1) is 12.3 Å². The van der Waals surface area contributed by atoms with Crippen LogP contribution in [0.25, 0.3) is 11.2 Å². The van der Waals surface area contributed by atoms with Crippen molar-refractivity contribution in [3.63, 3.8) is 0 Å². The van der Waals surface area contributed by atoms with Crippen molar-refractivity contribution in [1.29, 1.82) is 0 Å². The van der Waals surface area contributed by atoms with Gasteiger partial charge in [0.05, 0.1) is 11.6 Å². The van der Waals surface area contributed by atoms with Crippen LogP contribution in [-0.2, 0) is 4.79 Å². The number of H-pyrrole nitrogens is 1. The van der Waals surface area contributed by atoms with E-state index >= 15 is 0 Å². The number of amides is 1. The molecule has 2 aliphatic heterocycles. The molecule has 2 aliphatic rings. The average Bonchev–Trinajstić information content (AvgIpc) is 3.38. The molecule has 1 fully saturated rings. The first-order valence-corrected chi connectivity index (χ1v) is 9.32. The zero-order valence-electron chi connectivity index (χ0n) is 15.1. The van der Waals surface area contributed by atoms with Gasteiger partial charge in [-0.05, 0) is 25.0 Å². The van der Waals surface area contributed by atoms with Crippen LogP contribution in [0.1, 0.15) is 44.6 Å². The molecule has 8 nitrogen and oxygen atoms in total. The summed E-state index contributed by atoms with van der Waals surface area (Å²) in [6.07, 6.45) is 11.0. The van der Waals surface area contributed by atoms with Crippen LogP contribution >= 0.6 is 0 Å². The van der Waals surface area contributed by atoms with E-state index < -0.39 is 5.66 Å². The van der Waals surface area contributed by atoms with Gasteiger partial charge < -0.3 is 9.88 Å². The Balaban J connectivity index is 1.42. The number of carbonyl (C=O) groups excluding carboxylic acids is 1. The van der Waals surface area contributed by atoms with Crippen molar-refractivity contribution in [2.24, 2.45) is 10.2 Å². The number of nitrogens with zero attached hydrogens (tertiary/aromatic N) is 5. The zero-order chi connectivity index (χ0) is 18.9. The molecule has 0 saturated carbocycles. The Morgan fingerprint density at radius 2 is 2.26 bits per heavy atom. The van der Waals surface area contributed by atoms with Crippen LogP contribution in [0.5, 0.6) is 0 Å². The molecule has 2 aromatic rings. The zero-order valence-corrected chi connectivity index (χ0v) is 15.1. The fraction of sp³-hybridized carbons (Fsp3) is 0.526. The molecule has 0 radical (unpaired) electrons. The number of pyridine rings is 1. The lowest BCUT2D eigenvalue weighted by atomic mass is 10.0. The van der Waals surface area contributed by atoms with E-state index in [1.54, 1.807) is 16.8 Å². The van der Waals surface area contributed by atoms with E-state index in [0.717, 1.165) is 18.4 Å². The van der Waals surface area contributed by atoms with Crippen LogP contribution in [-0.4, -0.2) is 44.1 Å². The van der Waals surface area contributed by atoms with E-state index in [0.29, 0.717) is 44.4 Å². The maximum Gasteiger partial charge on any atom is 0.327 e. The number of likely N-dealkylation sites (tertiary alicyclic amines) is 1. The monoisotopic (exact) mass is 366 g/mol. The topological polar surface area (TPSA) is 95.7 Å². The second-order valence-electron chi connectivity index (χ2n) is 7.20. The Morgan fingerprint density at radius 3 is 3.04 bits per heavy atom. The minimum absolute atomic E-state index is 0.0652. The highest BCUT2D eigenvalue weighted by Crippen LogP contribution is 2.38. The lowest BCUT2D eigenvalue weighted by molar-refractivity contribution is -0.133. The number of nitrogens with one attached hydrogen (secondary N) is 1. The highest BCUT2D eigenvalue weighted by Gasteiger charge is 2.40. The van der Waals surface area contributed by atoms with Crippen molar-refractivity contribution >= 4 is 17.1 Å². The van der Waals surface area contributed by atoms with Crippen molar-refractivity contribution in [2.45, 2.75) is 50.2 Å². The van der Waals surface area contributed by atoms with Gasteiger partial charge >= 0.3 is 5.69 Å². The van der Waals surface area contributed by atoms with E-state index in [1.807, 2.05) is 11.0 Å². The lowest BCUT2D eigenvalue weighted by Crippen LogP contribution is -2.42. The molecule has 4 rings (SSSR count). The molecule has 1 saturated heterocycles. The molecule has 4 heterocycles. The molecule has 140 valence electrons. The molecule has 0 spiro atoms. The van der Waals surface area contributed by atoms with Crippen molar-refractivity contribution in [2.75, 3.05) is 13.1 Å². The molecule has 1 unspecified atom stereocenters. The SMILES string of the molecule is C#CCCC1(CCC(=O)N2CCCC(n3c(=O)[nH]c4cccnc43)C2)N=N1. The summed E-state index contributed by atoms with van der Waals surface area (Å²) in [6.45, 7) is 1.24. The molecule has 1 atom stereocenters.